The number of nitrogens with two attached hydrogens (primary N) is 1. The van der Waals surface area contributed by atoms with E-state index in [4.69, 9.17) is 5.73 Å². The molecule has 0 saturated heterocycles. The van der Waals surface area contributed by atoms with Gasteiger partial charge < -0.3 is 11.1 Å². The predicted molar refractivity (Wildman–Crippen MR) is 71.4 cm³/mol. The van der Waals surface area contributed by atoms with Crippen molar-refractivity contribution in [1.29, 1.82) is 0 Å². The van der Waals surface area contributed by atoms with Crippen LogP contribution in [0.3, 0.4) is 0 Å². The summed E-state index contributed by atoms with van der Waals surface area (Å²) in [6, 6.07) is 4.01. The van der Waals surface area contributed by atoms with Crippen molar-refractivity contribution in [2.75, 3.05) is 11.1 Å². The predicted octanol–water partition coefficient (Wildman–Crippen LogP) is 2.01. The summed E-state index contributed by atoms with van der Waals surface area (Å²) in [7, 11) is 1.69. The third kappa shape index (κ3) is 2.42. The summed E-state index contributed by atoms with van der Waals surface area (Å²) in [4.78, 5) is 12.1. The molecule has 5 nitrogen and oxygen atoms in total. The van der Waals surface area contributed by atoms with Crippen molar-refractivity contribution >= 4 is 17.4 Å². The largest absolute Gasteiger partial charge is 0.394 e. The van der Waals surface area contributed by atoms with Crippen LogP contribution in [0.15, 0.2) is 18.2 Å². The van der Waals surface area contributed by atoms with Crippen molar-refractivity contribution in [2.24, 2.45) is 7.05 Å². The molecule has 0 atom stereocenters. The van der Waals surface area contributed by atoms with Crippen molar-refractivity contribution in [3.8, 4) is 0 Å². The van der Waals surface area contributed by atoms with E-state index >= 15 is 0 Å². The zero-order chi connectivity index (χ0) is 14.2. The summed E-state index contributed by atoms with van der Waals surface area (Å²) in [5, 5.41) is 6.80. The number of nitrogens with zero attached hydrogens (tertiary/aromatic N) is 2. The lowest BCUT2D eigenvalue weighted by Crippen LogP contribution is -2.16. The number of anilines is 2. The highest BCUT2D eigenvalue weighted by Gasteiger charge is 2.15. The average Bonchev–Trinajstić information content (AvgIpc) is 2.56. The van der Waals surface area contributed by atoms with Crippen LogP contribution in [-0.2, 0) is 7.05 Å². The molecule has 0 aliphatic rings. The Labute approximate surface area is 110 Å². The molecule has 2 rings (SSSR count). The van der Waals surface area contributed by atoms with Gasteiger partial charge in [-0.1, -0.05) is 0 Å². The summed E-state index contributed by atoms with van der Waals surface area (Å²) in [5.41, 5.74) is 7.87. The molecule has 1 amide bonds. The van der Waals surface area contributed by atoms with Crippen LogP contribution >= 0.6 is 0 Å². The molecule has 0 fully saturated rings. The standard InChI is InChI=1S/C13H15FN4O/c1-7-6-9(14)4-5-10(7)13(19)16-12-11(15)8(2)17-18(12)3/h4-6H,15H2,1-3H3,(H,16,19). The maximum Gasteiger partial charge on any atom is 0.257 e. The first-order valence-corrected chi connectivity index (χ1v) is 5.76. The van der Waals surface area contributed by atoms with Gasteiger partial charge in [-0.05, 0) is 37.6 Å². The van der Waals surface area contributed by atoms with E-state index in [1.807, 2.05) is 0 Å². The molecule has 0 bridgehead atoms. The fraction of sp³-hybridized carbons (Fsp3) is 0.231. The first-order chi connectivity index (χ1) is 8.90. The van der Waals surface area contributed by atoms with Crippen LogP contribution in [0.2, 0.25) is 0 Å². The molecule has 1 aromatic heterocycles. The molecule has 0 aliphatic heterocycles. The molecule has 0 saturated carbocycles. The van der Waals surface area contributed by atoms with E-state index in [-0.39, 0.29) is 11.7 Å². The van der Waals surface area contributed by atoms with Gasteiger partial charge in [-0.15, -0.1) is 0 Å². The molecule has 100 valence electrons. The first-order valence-electron chi connectivity index (χ1n) is 5.76. The second-order valence-electron chi connectivity index (χ2n) is 4.38. The first kappa shape index (κ1) is 13.1. The Kier molecular flexibility index (Phi) is 3.25. The van der Waals surface area contributed by atoms with E-state index in [1.54, 1.807) is 20.9 Å². The summed E-state index contributed by atoms with van der Waals surface area (Å²) in [5.74, 6) is -0.275. The van der Waals surface area contributed by atoms with Gasteiger partial charge in [0.25, 0.3) is 5.91 Å². The molecule has 1 heterocycles. The van der Waals surface area contributed by atoms with Gasteiger partial charge in [0.15, 0.2) is 5.82 Å². The number of aromatic nitrogens is 2. The second-order valence-corrected chi connectivity index (χ2v) is 4.38. The molecule has 0 spiro atoms. The van der Waals surface area contributed by atoms with Crippen molar-refractivity contribution in [2.45, 2.75) is 13.8 Å². The third-order valence-corrected chi connectivity index (χ3v) is 2.93. The molecular formula is C13H15FN4O. The van der Waals surface area contributed by atoms with Gasteiger partial charge in [0.2, 0.25) is 0 Å². The number of hydrogen-bond acceptors (Lipinski definition) is 3. The number of carbonyl (C=O) groups excluding carboxylic acids is 1. The second kappa shape index (κ2) is 4.72. The minimum absolute atomic E-state index is 0.341. The van der Waals surface area contributed by atoms with Crippen molar-refractivity contribution in [3.05, 3.63) is 40.8 Å². The van der Waals surface area contributed by atoms with E-state index in [0.717, 1.165) is 0 Å². The topological polar surface area (TPSA) is 72.9 Å². The number of nitrogen functional groups attached to an aromatic ring is 1. The summed E-state index contributed by atoms with van der Waals surface area (Å²) in [6.07, 6.45) is 0. The number of benzene rings is 1. The number of rotatable bonds is 2. The molecule has 0 unspecified atom stereocenters. The Morgan fingerprint density at radius 3 is 2.63 bits per heavy atom. The fourth-order valence-electron chi connectivity index (χ4n) is 1.88. The van der Waals surface area contributed by atoms with E-state index in [2.05, 4.69) is 10.4 Å². The molecular weight excluding hydrogens is 247 g/mol. The monoisotopic (exact) mass is 262 g/mol. The summed E-state index contributed by atoms with van der Waals surface area (Å²) < 4.78 is 14.5. The van der Waals surface area contributed by atoms with Crippen LogP contribution in [0, 0.1) is 19.7 Å². The molecule has 0 aliphatic carbocycles. The lowest BCUT2D eigenvalue weighted by molar-refractivity contribution is 0.102. The molecule has 19 heavy (non-hydrogen) atoms. The van der Waals surface area contributed by atoms with Crippen molar-refractivity contribution in [3.63, 3.8) is 0 Å². The molecule has 0 radical (unpaired) electrons. The number of carbonyl (C=O) groups is 1. The average molecular weight is 262 g/mol. The van der Waals surface area contributed by atoms with E-state index < -0.39 is 0 Å². The fourth-order valence-corrected chi connectivity index (χ4v) is 1.88. The molecule has 3 N–H and O–H groups in total. The molecule has 1 aromatic carbocycles. The number of halogens is 1. The number of aryl methyl sites for hydroxylation is 3. The van der Waals surface area contributed by atoms with Gasteiger partial charge in [0.1, 0.15) is 5.82 Å². The highest BCUT2D eigenvalue weighted by atomic mass is 19.1. The van der Waals surface area contributed by atoms with Crippen molar-refractivity contribution < 1.29 is 9.18 Å². The van der Waals surface area contributed by atoms with Crippen LogP contribution < -0.4 is 11.1 Å². The van der Waals surface area contributed by atoms with Crippen LogP contribution in [-0.4, -0.2) is 15.7 Å². The number of nitrogens with one attached hydrogen (secondary N) is 1. The maximum absolute atomic E-state index is 13.0. The van der Waals surface area contributed by atoms with Crippen molar-refractivity contribution in [1.82, 2.24) is 9.78 Å². The molecule has 2 aromatic rings. The van der Waals surface area contributed by atoms with E-state index in [0.29, 0.717) is 28.3 Å². The van der Waals surface area contributed by atoms with E-state index in [9.17, 15) is 9.18 Å². The normalized spacial score (nSPS) is 10.5. The number of amides is 1. The zero-order valence-corrected chi connectivity index (χ0v) is 11.0. The smallest absolute Gasteiger partial charge is 0.257 e. The Morgan fingerprint density at radius 1 is 1.42 bits per heavy atom. The van der Waals surface area contributed by atoms with Gasteiger partial charge in [-0.3, -0.25) is 9.48 Å². The minimum atomic E-state index is -0.370. The highest BCUT2D eigenvalue weighted by Crippen LogP contribution is 2.22. The Balaban J connectivity index is 2.31. The Hall–Kier alpha value is -2.37. The van der Waals surface area contributed by atoms with E-state index in [1.165, 1.54) is 22.9 Å². The van der Waals surface area contributed by atoms with Crippen LogP contribution in [0.25, 0.3) is 0 Å². The highest BCUT2D eigenvalue weighted by molar-refractivity contribution is 6.06. The van der Waals surface area contributed by atoms with Gasteiger partial charge >= 0.3 is 0 Å². The number of hydrogen-bond donors (Lipinski definition) is 2. The quantitative estimate of drug-likeness (QED) is 0.869. The zero-order valence-electron chi connectivity index (χ0n) is 11.0. The van der Waals surface area contributed by atoms with Gasteiger partial charge in [-0.25, -0.2) is 4.39 Å². The molecule has 6 heteroatoms. The van der Waals surface area contributed by atoms with Gasteiger partial charge in [0, 0.05) is 12.6 Å². The lowest BCUT2D eigenvalue weighted by atomic mass is 10.1. The lowest BCUT2D eigenvalue weighted by Gasteiger charge is -2.08. The van der Waals surface area contributed by atoms with Gasteiger partial charge in [0.05, 0.1) is 11.4 Å². The Morgan fingerprint density at radius 2 is 2.11 bits per heavy atom. The summed E-state index contributed by atoms with van der Waals surface area (Å²) in [6.45, 7) is 3.43. The minimum Gasteiger partial charge on any atom is -0.394 e. The third-order valence-electron chi connectivity index (χ3n) is 2.93. The van der Waals surface area contributed by atoms with Crippen LogP contribution in [0.4, 0.5) is 15.9 Å². The van der Waals surface area contributed by atoms with Gasteiger partial charge in [-0.2, -0.15) is 5.10 Å². The maximum atomic E-state index is 13.0. The van der Waals surface area contributed by atoms with Crippen LogP contribution in [0.5, 0.6) is 0 Å². The SMILES string of the molecule is Cc1cc(F)ccc1C(=O)Nc1c(N)c(C)nn1C. The Bertz CT molecular complexity index is 648. The van der Waals surface area contributed by atoms with Crippen LogP contribution in [0.1, 0.15) is 21.6 Å². The summed E-state index contributed by atoms with van der Waals surface area (Å²) >= 11 is 0.